The van der Waals surface area contributed by atoms with Gasteiger partial charge in [-0.25, -0.2) is 9.59 Å². The average molecular weight is 434 g/mol. The molecular weight excluding hydrogens is 406 g/mol. The van der Waals surface area contributed by atoms with Crippen molar-refractivity contribution in [2.75, 3.05) is 18.9 Å². The number of nitrogens with two attached hydrogens (primary N) is 1. The van der Waals surface area contributed by atoms with Crippen LogP contribution in [0, 0.1) is 0 Å². The molecule has 3 aromatic carbocycles. The van der Waals surface area contributed by atoms with Crippen molar-refractivity contribution in [1.82, 2.24) is 0 Å². The summed E-state index contributed by atoms with van der Waals surface area (Å²) in [6.45, 7) is 4.34. The summed E-state index contributed by atoms with van der Waals surface area (Å²) in [7, 11) is 0. The second kappa shape index (κ2) is 11.6. The number of unbranched alkanes of at least 4 members (excludes halogenated alkanes) is 3. The van der Waals surface area contributed by atoms with Crippen molar-refractivity contribution in [1.29, 1.82) is 0 Å². The fourth-order valence-corrected chi connectivity index (χ4v) is 3.21. The van der Waals surface area contributed by atoms with E-state index in [0.29, 0.717) is 36.0 Å². The minimum Gasteiger partial charge on any atom is -0.494 e. The first-order chi connectivity index (χ1) is 15.6. The van der Waals surface area contributed by atoms with Crippen LogP contribution in [0.1, 0.15) is 36.0 Å². The van der Waals surface area contributed by atoms with Crippen LogP contribution in [0.25, 0.3) is 10.8 Å². The van der Waals surface area contributed by atoms with Crippen molar-refractivity contribution < 1.29 is 23.8 Å². The Bertz CT molecular complexity index is 1080. The zero-order valence-electron chi connectivity index (χ0n) is 17.9. The molecule has 0 unspecified atom stereocenters. The topological polar surface area (TPSA) is 87.8 Å². The van der Waals surface area contributed by atoms with Gasteiger partial charge in [0.2, 0.25) is 0 Å². The van der Waals surface area contributed by atoms with E-state index >= 15 is 0 Å². The first kappa shape index (κ1) is 22.9. The van der Waals surface area contributed by atoms with Crippen molar-refractivity contribution in [3.8, 4) is 11.5 Å². The number of benzene rings is 3. The number of hydrogen-bond acceptors (Lipinski definition) is 6. The first-order valence-corrected chi connectivity index (χ1v) is 10.6. The second-order valence-corrected chi connectivity index (χ2v) is 7.25. The minimum atomic E-state index is -0.441. The lowest BCUT2D eigenvalue weighted by molar-refractivity contribution is -0.137. The average Bonchev–Trinajstić information content (AvgIpc) is 2.82. The Balaban J connectivity index is 1.44. The number of fused-ring (bicyclic) bond motifs is 1. The van der Waals surface area contributed by atoms with Gasteiger partial charge in [0.15, 0.2) is 0 Å². The van der Waals surface area contributed by atoms with Crippen molar-refractivity contribution in [3.63, 3.8) is 0 Å². The Morgan fingerprint density at radius 3 is 2.25 bits per heavy atom. The summed E-state index contributed by atoms with van der Waals surface area (Å²) < 4.78 is 16.3. The van der Waals surface area contributed by atoms with E-state index in [-0.39, 0.29) is 5.97 Å². The first-order valence-electron chi connectivity index (χ1n) is 10.6. The van der Waals surface area contributed by atoms with Gasteiger partial charge in [0.05, 0.1) is 18.8 Å². The normalized spacial score (nSPS) is 10.5. The minimum absolute atomic E-state index is 0.387. The van der Waals surface area contributed by atoms with Gasteiger partial charge in [0, 0.05) is 22.5 Å². The maximum absolute atomic E-state index is 12.6. The quantitative estimate of drug-likeness (QED) is 0.145. The molecule has 0 amide bonds. The van der Waals surface area contributed by atoms with Crippen molar-refractivity contribution in [2.24, 2.45) is 0 Å². The predicted molar refractivity (Wildman–Crippen MR) is 125 cm³/mol. The molecule has 0 saturated heterocycles. The third-order valence-electron chi connectivity index (χ3n) is 4.93. The third kappa shape index (κ3) is 6.35. The molecule has 32 heavy (non-hydrogen) atoms. The molecule has 3 rings (SSSR count). The Labute approximate surface area is 187 Å². The van der Waals surface area contributed by atoms with Crippen LogP contribution in [0.4, 0.5) is 5.69 Å². The number of esters is 2. The van der Waals surface area contributed by atoms with Gasteiger partial charge < -0.3 is 19.9 Å². The second-order valence-electron chi connectivity index (χ2n) is 7.25. The summed E-state index contributed by atoms with van der Waals surface area (Å²) in [5, 5.41) is 1.64. The molecule has 0 aliphatic carbocycles. The SMILES string of the molecule is C=CC(=O)OCCCCCCOc1ccc(C(=O)Oc2ccc(N)c3ccccc23)cc1. The fourth-order valence-electron chi connectivity index (χ4n) is 3.21. The highest BCUT2D eigenvalue weighted by atomic mass is 16.5. The van der Waals surface area contributed by atoms with Crippen molar-refractivity contribution in [2.45, 2.75) is 25.7 Å². The Morgan fingerprint density at radius 1 is 0.844 bits per heavy atom. The number of ether oxygens (including phenoxy) is 3. The van der Waals surface area contributed by atoms with Crippen molar-refractivity contribution in [3.05, 3.63) is 78.9 Å². The molecule has 0 aliphatic rings. The van der Waals surface area contributed by atoms with E-state index in [1.807, 2.05) is 24.3 Å². The van der Waals surface area contributed by atoms with E-state index < -0.39 is 5.97 Å². The molecule has 0 heterocycles. The fraction of sp³-hybridized carbons (Fsp3) is 0.231. The molecule has 6 heteroatoms. The number of carbonyl (C=O) groups excluding carboxylic acids is 2. The monoisotopic (exact) mass is 433 g/mol. The zero-order chi connectivity index (χ0) is 22.8. The molecule has 0 bridgehead atoms. The smallest absolute Gasteiger partial charge is 0.343 e. The van der Waals surface area contributed by atoms with Crippen LogP contribution in [0.15, 0.2) is 73.3 Å². The van der Waals surface area contributed by atoms with E-state index in [2.05, 4.69) is 6.58 Å². The molecule has 0 spiro atoms. The summed E-state index contributed by atoms with van der Waals surface area (Å²) in [4.78, 5) is 23.5. The van der Waals surface area contributed by atoms with Gasteiger partial charge >= 0.3 is 11.9 Å². The Morgan fingerprint density at radius 2 is 1.53 bits per heavy atom. The van der Waals surface area contributed by atoms with Gasteiger partial charge in [0.25, 0.3) is 0 Å². The Hall–Kier alpha value is -3.80. The highest BCUT2D eigenvalue weighted by Crippen LogP contribution is 2.30. The standard InChI is InChI=1S/C26H27NO5/c1-2-25(28)31-18-8-4-3-7-17-30-20-13-11-19(12-14-20)26(29)32-24-16-15-23(27)21-9-5-6-10-22(21)24/h2,5-6,9-16H,1,3-4,7-8,17-18,27H2. The highest BCUT2D eigenvalue weighted by Gasteiger charge is 2.12. The molecule has 0 saturated carbocycles. The van der Waals surface area contributed by atoms with Crippen LogP contribution in [0.2, 0.25) is 0 Å². The van der Waals surface area contributed by atoms with Crippen LogP contribution in [0.5, 0.6) is 11.5 Å². The third-order valence-corrected chi connectivity index (χ3v) is 4.93. The van der Waals surface area contributed by atoms with E-state index in [1.165, 1.54) is 6.08 Å². The van der Waals surface area contributed by atoms with E-state index in [9.17, 15) is 9.59 Å². The summed E-state index contributed by atoms with van der Waals surface area (Å²) in [5.41, 5.74) is 7.08. The maximum Gasteiger partial charge on any atom is 0.343 e. The number of hydrogen-bond donors (Lipinski definition) is 1. The van der Waals surface area contributed by atoms with Crippen LogP contribution < -0.4 is 15.2 Å². The van der Waals surface area contributed by atoms with Crippen LogP contribution in [-0.2, 0) is 9.53 Å². The lowest BCUT2D eigenvalue weighted by Gasteiger charge is -2.10. The number of carbonyl (C=O) groups is 2. The van der Waals surface area contributed by atoms with Gasteiger partial charge in [-0.05, 0) is 62.1 Å². The summed E-state index contributed by atoms with van der Waals surface area (Å²) >= 11 is 0. The molecule has 0 fully saturated rings. The highest BCUT2D eigenvalue weighted by molar-refractivity contribution is 6.00. The summed E-state index contributed by atoms with van der Waals surface area (Å²) in [6, 6.07) is 17.9. The largest absolute Gasteiger partial charge is 0.494 e. The molecule has 2 N–H and O–H groups in total. The summed E-state index contributed by atoms with van der Waals surface area (Å²) in [6.07, 6.45) is 4.81. The van der Waals surface area contributed by atoms with Gasteiger partial charge in [0.1, 0.15) is 11.5 Å². The molecule has 6 nitrogen and oxygen atoms in total. The van der Waals surface area contributed by atoms with Crippen LogP contribution in [0.3, 0.4) is 0 Å². The van der Waals surface area contributed by atoms with Gasteiger partial charge in [-0.3, -0.25) is 0 Å². The molecule has 0 atom stereocenters. The molecule has 3 aromatic rings. The molecule has 166 valence electrons. The number of anilines is 1. The summed E-state index contributed by atoms with van der Waals surface area (Å²) in [5.74, 6) is 0.338. The Kier molecular flexibility index (Phi) is 8.26. The maximum atomic E-state index is 12.6. The van der Waals surface area contributed by atoms with E-state index in [1.54, 1.807) is 36.4 Å². The van der Waals surface area contributed by atoms with E-state index in [0.717, 1.165) is 36.5 Å². The molecule has 0 aliphatic heterocycles. The van der Waals surface area contributed by atoms with Crippen LogP contribution in [-0.4, -0.2) is 25.2 Å². The van der Waals surface area contributed by atoms with Gasteiger partial charge in [-0.1, -0.05) is 30.8 Å². The lowest BCUT2D eigenvalue weighted by atomic mass is 10.1. The molecule has 0 aromatic heterocycles. The lowest BCUT2D eigenvalue weighted by Crippen LogP contribution is -2.09. The van der Waals surface area contributed by atoms with E-state index in [4.69, 9.17) is 19.9 Å². The molecule has 0 radical (unpaired) electrons. The van der Waals surface area contributed by atoms with Crippen molar-refractivity contribution >= 4 is 28.4 Å². The molecular formula is C26H27NO5. The van der Waals surface area contributed by atoms with Gasteiger partial charge in [-0.2, -0.15) is 0 Å². The zero-order valence-corrected chi connectivity index (χ0v) is 17.9. The van der Waals surface area contributed by atoms with Gasteiger partial charge in [-0.15, -0.1) is 0 Å². The number of nitrogen functional groups attached to an aromatic ring is 1. The predicted octanol–water partition coefficient (Wildman–Crippen LogP) is 5.31. The number of rotatable bonds is 11. The van der Waals surface area contributed by atoms with Crippen LogP contribution >= 0.6 is 0 Å².